The van der Waals surface area contributed by atoms with Crippen molar-refractivity contribution < 1.29 is 22.7 Å². The van der Waals surface area contributed by atoms with Crippen LogP contribution in [0.4, 0.5) is 5.00 Å². The first-order chi connectivity index (χ1) is 10.2. The molecule has 0 bridgehead atoms. The molecule has 0 fully saturated rings. The number of ether oxygens (including phenoxy) is 1. The van der Waals surface area contributed by atoms with E-state index in [0.29, 0.717) is 5.00 Å². The maximum Gasteiger partial charge on any atom is 0.341 e. The van der Waals surface area contributed by atoms with Gasteiger partial charge in [-0.2, -0.15) is 0 Å². The molecule has 0 aliphatic rings. The Bertz CT molecular complexity index is 675. The second kappa shape index (κ2) is 7.55. The fourth-order valence-corrected chi connectivity index (χ4v) is 3.56. The average molecular weight is 345 g/mol. The van der Waals surface area contributed by atoms with Gasteiger partial charge in [-0.05, 0) is 26.8 Å². The fourth-order valence-electron chi connectivity index (χ4n) is 1.65. The first kappa shape index (κ1) is 18.4. The second-order valence-corrected chi connectivity index (χ2v) is 8.19. The molecule has 1 aromatic rings. The van der Waals surface area contributed by atoms with Gasteiger partial charge in [-0.1, -0.05) is 6.08 Å². The van der Waals surface area contributed by atoms with Crippen LogP contribution in [0, 0.1) is 6.92 Å². The molecule has 1 amide bonds. The van der Waals surface area contributed by atoms with Crippen molar-refractivity contribution in [2.24, 2.45) is 0 Å². The van der Waals surface area contributed by atoms with E-state index in [9.17, 15) is 18.0 Å². The number of esters is 1. The minimum Gasteiger partial charge on any atom is -0.462 e. The molecule has 0 spiro atoms. The predicted octanol–water partition coefficient (Wildman–Crippen LogP) is 2.16. The lowest BCUT2D eigenvalue weighted by Gasteiger charge is -2.12. The quantitative estimate of drug-likeness (QED) is 0.604. The summed E-state index contributed by atoms with van der Waals surface area (Å²) in [4.78, 5) is 24.7. The van der Waals surface area contributed by atoms with Crippen LogP contribution in [0.15, 0.2) is 18.7 Å². The number of aryl methyl sites for hydroxylation is 1. The maximum atomic E-state index is 12.1. The molecule has 1 rings (SSSR count). The number of thiophene rings is 1. The van der Waals surface area contributed by atoms with Crippen LogP contribution in [0.2, 0.25) is 0 Å². The van der Waals surface area contributed by atoms with E-state index in [-0.39, 0.29) is 17.9 Å². The van der Waals surface area contributed by atoms with Gasteiger partial charge in [-0.25, -0.2) is 13.2 Å². The summed E-state index contributed by atoms with van der Waals surface area (Å²) in [6.45, 7) is 8.34. The van der Waals surface area contributed by atoms with Gasteiger partial charge in [0.05, 0.1) is 17.9 Å². The van der Waals surface area contributed by atoms with Gasteiger partial charge in [-0.15, -0.1) is 17.9 Å². The summed E-state index contributed by atoms with van der Waals surface area (Å²) in [5, 5.41) is 1.56. The number of sulfone groups is 1. The van der Waals surface area contributed by atoms with Gasteiger partial charge in [0.15, 0.2) is 9.84 Å². The highest BCUT2D eigenvalue weighted by molar-refractivity contribution is 7.92. The number of carbonyl (C=O) groups excluding carboxylic acids is 2. The van der Waals surface area contributed by atoms with Gasteiger partial charge in [-0.3, -0.25) is 4.79 Å². The SMILES string of the molecule is C=CCS(=O)(=O)C(C)C(=O)Nc1sc(C)cc1C(=O)OCC. The molecule has 0 aliphatic carbocycles. The van der Waals surface area contributed by atoms with E-state index in [1.54, 1.807) is 19.9 Å². The van der Waals surface area contributed by atoms with E-state index < -0.39 is 27.0 Å². The summed E-state index contributed by atoms with van der Waals surface area (Å²) in [5.41, 5.74) is 0.228. The van der Waals surface area contributed by atoms with E-state index in [0.717, 1.165) is 4.88 Å². The Hall–Kier alpha value is -1.67. The van der Waals surface area contributed by atoms with Crippen molar-refractivity contribution in [2.75, 3.05) is 17.7 Å². The molecule has 1 aromatic heterocycles. The molecule has 22 heavy (non-hydrogen) atoms. The molecule has 0 aliphatic heterocycles. The lowest BCUT2D eigenvalue weighted by Crippen LogP contribution is -2.33. The normalized spacial score (nSPS) is 12.5. The van der Waals surface area contributed by atoms with E-state index in [2.05, 4.69) is 11.9 Å². The number of nitrogens with one attached hydrogen (secondary N) is 1. The highest BCUT2D eigenvalue weighted by Crippen LogP contribution is 2.28. The Labute approximate surface area is 134 Å². The van der Waals surface area contributed by atoms with Crippen molar-refractivity contribution >= 4 is 38.1 Å². The summed E-state index contributed by atoms with van der Waals surface area (Å²) >= 11 is 1.19. The Morgan fingerprint density at radius 2 is 2.14 bits per heavy atom. The van der Waals surface area contributed by atoms with Gasteiger partial charge >= 0.3 is 5.97 Å². The first-order valence-electron chi connectivity index (χ1n) is 6.63. The molecule has 0 saturated heterocycles. The third-order valence-corrected chi connectivity index (χ3v) is 5.80. The second-order valence-electron chi connectivity index (χ2n) is 4.57. The summed E-state index contributed by atoms with van der Waals surface area (Å²) < 4.78 is 28.7. The molecule has 1 N–H and O–H groups in total. The molecule has 1 atom stereocenters. The predicted molar refractivity (Wildman–Crippen MR) is 87.1 cm³/mol. The standard InChI is InChI=1S/C14H19NO5S2/c1-5-7-22(18,19)10(4)12(16)15-13-11(8-9(3)21-13)14(17)20-6-2/h5,8,10H,1,6-7H2,2-4H3,(H,15,16). The Morgan fingerprint density at radius 1 is 1.50 bits per heavy atom. The Balaban J connectivity index is 2.98. The number of hydrogen-bond donors (Lipinski definition) is 1. The fraction of sp³-hybridized carbons (Fsp3) is 0.429. The van der Waals surface area contributed by atoms with Crippen molar-refractivity contribution in [1.82, 2.24) is 0 Å². The summed E-state index contributed by atoms with van der Waals surface area (Å²) in [6.07, 6.45) is 1.23. The van der Waals surface area contributed by atoms with Gasteiger partial charge in [0.2, 0.25) is 5.91 Å². The zero-order chi connectivity index (χ0) is 16.9. The monoisotopic (exact) mass is 345 g/mol. The number of rotatable bonds is 7. The van der Waals surface area contributed by atoms with Crippen LogP contribution in [0.25, 0.3) is 0 Å². The molecule has 0 radical (unpaired) electrons. The summed E-state index contributed by atoms with van der Waals surface area (Å²) in [7, 11) is -3.61. The summed E-state index contributed by atoms with van der Waals surface area (Å²) in [6, 6.07) is 1.60. The third-order valence-electron chi connectivity index (χ3n) is 2.85. The lowest BCUT2D eigenvalue weighted by molar-refractivity contribution is -0.115. The van der Waals surface area contributed by atoms with Crippen LogP contribution in [-0.2, 0) is 19.4 Å². The molecule has 8 heteroatoms. The van der Waals surface area contributed by atoms with Gasteiger partial charge in [0.25, 0.3) is 0 Å². The van der Waals surface area contributed by atoms with Crippen LogP contribution < -0.4 is 5.32 Å². The number of hydrogen-bond acceptors (Lipinski definition) is 6. The van der Waals surface area contributed by atoms with Gasteiger partial charge in [0, 0.05) is 4.88 Å². The maximum absolute atomic E-state index is 12.1. The van der Waals surface area contributed by atoms with Crippen LogP contribution >= 0.6 is 11.3 Å². The van der Waals surface area contributed by atoms with Crippen molar-refractivity contribution in [3.05, 3.63) is 29.2 Å². The summed E-state index contributed by atoms with van der Waals surface area (Å²) in [5.74, 6) is -1.52. The molecule has 1 unspecified atom stereocenters. The first-order valence-corrected chi connectivity index (χ1v) is 9.17. The molecule has 0 aromatic carbocycles. The molecule has 0 saturated carbocycles. The highest BCUT2D eigenvalue weighted by Gasteiger charge is 2.28. The topological polar surface area (TPSA) is 89.5 Å². The third kappa shape index (κ3) is 4.41. The zero-order valence-corrected chi connectivity index (χ0v) is 14.3. The van der Waals surface area contributed by atoms with Crippen LogP contribution in [-0.4, -0.2) is 37.9 Å². The number of amides is 1. The smallest absolute Gasteiger partial charge is 0.341 e. The minimum absolute atomic E-state index is 0.214. The van der Waals surface area contributed by atoms with E-state index in [4.69, 9.17) is 4.74 Å². The largest absolute Gasteiger partial charge is 0.462 e. The molecule has 122 valence electrons. The Morgan fingerprint density at radius 3 is 2.68 bits per heavy atom. The molecule has 1 heterocycles. The Kier molecular flexibility index (Phi) is 6.31. The van der Waals surface area contributed by atoms with Gasteiger partial charge in [0.1, 0.15) is 10.3 Å². The van der Waals surface area contributed by atoms with E-state index in [1.807, 2.05) is 0 Å². The average Bonchev–Trinajstić information content (AvgIpc) is 2.78. The van der Waals surface area contributed by atoms with Crippen LogP contribution in [0.1, 0.15) is 29.1 Å². The van der Waals surface area contributed by atoms with Crippen LogP contribution in [0.5, 0.6) is 0 Å². The van der Waals surface area contributed by atoms with Crippen molar-refractivity contribution in [1.29, 1.82) is 0 Å². The van der Waals surface area contributed by atoms with Crippen LogP contribution in [0.3, 0.4) is 0 Å². The van der Waals surface area contributed by atoms with Crippen molar-refractivity contribution in [3.63, 3.8) is 0 Å². The van der Waals surface area contributed by atoms with Crippen molar-refractivity contribution in [2.45, 2.75) is 26.0 Å². The lowest BCUT2D eigenvalue weighted by atomic mass is 10.3. The van der Waals surface area contributed by atoms with Gasteiger partial charge < -0.3 is 10.1 Å². The zero-order valence-electron chi connectivity index (χ0n) is 12.7. The van der Waals surface area contributed by atoms with E-state index in [1.165, 1.54) is 24.3 Å². The molecular formula is C14H19NO5S2. The van der Waals surface area contributed by atoms with E-state index >= 15 is 0 Å². The minimum atomic E-state index is -3.61. The number of anilines is 1. The number of carbonyl (C=O) groups is 2. The molecule has 6 nitrogen and oxygen atoms in total. The molecular weight excluding hydrogens is 326 g/mol. The highest BCUT2D eigenvalue weighted by atomic mass is 32.2. The van der Waals surface area contributed by atoms with Crippen molar-refractivity contribution in [3.8, 4) is 0 Å².